The molecule has 1 aromatic rings. The van der Waals surface area contributed by atoms with Gasteiger partial charge in [0.15, 0.2) is 0 Å². The summed E-state index contributed by atoms with van der Waals surface area (Å²) in [4.78, 5) is 11.7. The molecule has 0 heterocycles. The summed E-state index contributed by atoms with van der Waals surface area (Å²) in [5.41, 5.74) is 1.69. The largest absolute Gasteiger partial charge is 0.323 e. The third kappa shape index (κ3) is 4.57. The number of amides is 2. The van der Waals surface area contributed by atoms with Crippen molar-refractivity contribution in [1.29, 1.82) is 0 Å². The van der Waals surface area contributed by atoms with Crippen molar-refractivity contribution in [2.75, 3.05) is 5.32 Å². The van der Waals surface area contributed by atoms with Gasteiger partial charge in [-0.2, -0.15) is 0 Å². The van der Waals surface area contributed by atoms with E-state index in [0.29, 0.717) is 16.6 Å². The number of nitrogens with one attached hydrogen (secondary N) is 2. The molecule has 2 N–H and O–H groups in total. The molecule has 0 bridgehead atoms. The molecule has 2 rings (SSSR count). The highest BCUT2D eigenvalue weighted by Crippen LogP contribution is 2.24. The lowest BCUT2D eigenvalue weighted by atomic mass is 9.89. The first-order valence-corrected chi connectivity index (χ1v) is 7.53. The first kappa shape index (κ1) is 14.9. The molecule has 3 nitrogen and oxygen atoms in total. The third-order valence-corrected chi connectivity index (χ3v) is 4.07. The van der Waals surface area contributed by atoms with Crippen molar-refractivity contribution < 1.29 is 4.79 Å². The molecule has 0 radical (unpaired) electrons. The highest BCUT2D eigenvalue weighted by atomic mass is 35.5. The summed E-state index contributed by atoms with van der Waals surface area (Å²) in [6.45, 7) is 1.93. The van der Waals surface area contributed by atoms with Gasteiger partial charge in [-0.3, -0.25) is 0 Å². The molecule has 1 aromatic carbocycles. The van der Waals surface area contributed by atoms with Crippen LogP contribution in [0.2, 0.25) is 5.02 Å². The minimum absolute atomic E-state index is 0.239. The number of hydrogen-bond acceptors (Lipinski definition) is 1. The summed E-state index contributed by atoms with van der Waals surface area (Å²) < 4.78 is 0. The van der Waals surface area contributed by atoms with Crippen LogP contribution in [0.25, 0.3) is 0 Å². The molecule has 0 atom stereocenters. The van der Waals surface area contributed by atoms with Crippen molar-refractivity contribution in [3.05, 3.63) is 41.1 Å². The fourth-order valence-corrected chi connectivity index (χ4v) is 2.60. The standard InChI is InChI=1S/C16H21ClN2O/c1-12-7-8-14(11-15(12)17)19-16(20)18-10-9-13-5-3-2-4-6-13/h7-11,13H,2-6H2,1H3,(H2,18,19,20)/b10-9+. The van der Waals surface area contributed by atoms with Crippen LogP contribution in [0.4, 0.5) is 10.5 Å². The lowest BCUT2D eigenvalue weighted by Gasteiger charge is -2.17. The lowest BCUT2D eigenvalue weighted by Crippen LogP contribution is -2.24. The van der Waals surface area contributed by atoms with Gasteiger partial charge in [0, 0.05) is 16.9 Å². The zero-order chi connectivity index (χ0) is 14.4. The number of anilines is 1. The van der Waals surface area contributed by atoms with Crippen molar-refractivity contribution in [2.24, 2.45) is 5.92 Å². The Kier molecular flexibility index (Phi) is 5.48. The Morgan fingerprint density at radius 3 is 2.75 bits per heavy atom. The molecule has 1 aliphatic carbocycles. The van der Waals surface area contributed by atoms with Crippen LogP contribution in [0, 0.1) is 12.8 Å². The fraction of sp³-hybridized carbons (Fsp3) is 0.438. The van der Waals surface area contributed by atoms with Gasteiger partial charge in [0.05, 0.1) is 0 Å². The number of rotatable bonds is 3. The fourth-order valence-electron chi connectivity index (χ4n) is 2.42. The van der Waals surface area contributed by atoms with Crippen LogP contribution in [0.3, 0.4) is 0 Å². The minimum atomic E-state index is -0.239. The first-order valence-electron chi connectivity index (χ1n) is 7.15. The number of hydrogen-bond donors (Lipinski definition) is 2. The zero-order valence-electron chi connectivity index (χ0n) is 11.8. The molecule has 0 spiro atoms. The normalized spacial score (nSPS) is 16.3. The van der Waals surface area contributed by atoms with Crippen molar-refractivity contribution in [3.63, 3.8) is 0 Å². The molecule has 4 heteroatoms. The average Bonchev–Trinajstić information content (AvgIpc) is 2.44. The molecule has 2 amide bonds. The van der Waals surface area contributed by atoms with Gasteiger partial charge in [0.2, 0.25) is 0 Å². The SMILES string of the molecule is Cc1ccc(NC(=O)N/C=C/C2CCCCC2)cc1Cl. The van der Waals surface area contributed by atoms with Crippen molar-refractivity contribution >= 4 is 23.3 Å². The number of carbonyl (C=O) groups excluding carboxylic acids is 1. The number of allylic oxidation sites excluding steroid dienone is 1. The van der Waals surface area contributed by atoms with Gasteiger partial charge >= 0.3 is 6.03 Å². The van der Waals surface area contributed by atoms with E-state index in [-0.39, 0.29) is 6.03 Å². The van der Waals surface area contributed by atoms with E-state index in [1.807, 2.05) is 19.1 Å². The van der Waals surface area contributed by atoms with Crippen LogP contribution in [0.15, 0.2) is 30.5 Å². The van der Waals surface area contributed by atoms with Gasteiger partial charge in [0.1, 0.15) is 0 Å². The van der Waals surface area contributed by atoms with E-state index in [1.165, 1.54) is 32.1 Å². The minimum Gasteiger partial charge on any atom is -0.315 e. The monoisotopic (exact) mass is 292 g/mol. The van der Waals surface area contributed by atoms with E-state index in [9.17, 15) is 4.79 Å². The number of aryl methyl sites for hydroxylation is 1. The van der Waals surface area contributed by atoms with E-state index in [2.05, 4.69) is 16.7 Å². The van der Waals surface area contributed by atoms with Gasteiger partial charge in [-0.05, 0) is 43.4 Å². The van der Waals surface area contributed by atoms with Crippen molar-refractivity contribution in [2.45, 2.75) is 39.0 Å². The number of halogens is 1. The van der Waals surface area contributed by atoms with E-state index >= 15 is 0 Å². The van der Waals surface area contributed by atoms with Crippen LogP contribution in [0.5, 0.6) is 0 Å². The summed E-state index contributed by atoms with van der Waals surface area (Å²) in [5, 5.41) is 6.15. The second-order valence-corrected chi connectivity index (χ2v) is 5.73. The molecular formula is C16H21ClN2O. The maximum atomic E-state index is 11.7. The van der Waals surface area contributed by atoms with E-state index in [4.69, 9.17) is 11.6 Å². The summed E-state index contributed by atoms with van der Waals surface area (Å²) in [6.07, 6.45) is 10.2. The highest BCUT2D eigenvalue weighted by Gasteiger charge is 2.09. The van der Waals surface area contributed by atoms with Crippen LogP contribution in [-0.4, -0.2) is 6.03 Å². The molecule has 108 valence electrons. The van der Waals surface area contributed by atoms with Gasteiger partial charge in [-0.15, -0.1) is 0 Å². The molecular weight excluding hydrogens is 272 g/mol. The summed E-state index contributed by atoms with van der Waals surface area (Å²) >= 11 is 6.02. The van der Waals surface area contributed by atoms with Crippen LogP contribution < -0.4 is 10.6 Å². The lowest BCUT2D eigenvalue weighted by molar-refractivity contribution is 0.255. The predicted molar refractivity (Wildman–Crippen MR) is 84.1 cm³/mol. The van der Waals surface area contributed by atoms with E-state index in [0.717, 1.165) is 5.56 Å². The Morgan fingerprint density at radius 2 is 2.05 bits per heavy atom. The molecule has 0 aliphatic heterocycles. The second kappa shape index (κ2) is 7.34. The molecule has 1 saturated carbocycles. The van der Waals surface area contributed by atoms with Crippen molar-refractivity contribution in [3.8, 4) is 0 Å². The summed E-state index contributed by atoms with van der Waals surface area (Å²) in [5.74, 6) is 0.609. The summed E-state index contributed by atoms with van der Waals surface area (Å²) in [6, 6.07) is 5.24. The summed E-state index contributed by atoms with van der Waals surface area (Å²) in [7, 11) is 0. The maximum Gasteiger partial charge on any atom is 0.323 e. The quantitative estimate of drug-likeness (QED) is 0.820. The highest BCUT2D eigenvalue weighted by molar-refractivity contribution is 6.31. The number of carbonyl (C=O) groups is 1. The van der Waals surface area contributed by atoms with Crippen LogP contribution in [-0.2, 0) is 0 Å². The molecule has 0 aromatic heterocycles. The topological polar surface area (TPSA) is 41.1 Å². The maximum absolute atomic E-state index is 11.7. The molecule has 0 saturated heterocycles. The van der Waals surface area contributed by atoms with Gasteiger partial charge in [0.25, 0.3) is 0 Å². The Hall–Kier alpha value is -1.48. The van der Waals surface area contributed by atoms with Crippen LogP contribution in [0.1, 0.15) is 37.7 Å². The van der Waals surface area contributed by atoms with Gasteiger partial charge in [-0.25, -0.2) is 4.79 Å². The Balaban J connectivity index is 1.79. The molecule has 0 unspecified atom stereocenters. The Labute approximate surface area is 125 Å². The zero-order valence-corrected chi connectivity index (χ0v) is 12.5. The Bertz CT molecular complexity index is 493. The first-order chi connectivity index (χ1) is 9.65. The third-order valence-electron chi connectivity index (χ3n) is 3.66. The van der Waals surface area contributed by atoms with E-state index < -0.39 is 0 Å². The van der Waals surface area contributed by atoms with Crippen LogP contribution >= 0.6 is 11.6 Å². The smallest absolute Gasteiger partial charge is 0.315 e. The molecule has 1 fully saturated rings. The number of benzene rings is 1. The predicted octanol–water partition coefficient (Wildman–Crippen LogP) is 4.86. The molecule has 20 heavy (non-hydrogen) atoms. The van der Waals surface area contributed by atoms with Gasteiger partial charge < -0.3 is 10.6 Å². The second-order valence-electron chi connectivity index (χ2n) is 5.32. The molecule has 1 aliphatic rings. The van der Waals surface area contributed by atoms with Gasteiger partial charge in [-0.1, -0.05) is 43.0 Å². The van der Waals surface area contributed by atoms with E-state index in [1.54, 1.807) is 12.3 Å². The average molecular weight is 293 g/mol. The number of urea groups is 1. The Morgan fingerprint density at radius 1 is 1.30 bits per heavy atom. The van der Waals surface area contributed by atoms with Crippen molar-refractivity contribution in [1.82, 2.24) is 5.32 Å².